The van der Waals surface area contributed by atoms with Gasteiger partial charge in [0.15, 0.2) is 5.82 Å². The van der Waals surface area contributed by atoms with Gasteiger partial charge in [-0.25, -0.2) is 4.98 Å². The largest absolute Gasteiger partial charge is 0.366 e. The number of fused-ring (bicyclic) bond motifs is 1. The summed E-state index contributed by atoms with van der Waals surface area (Å²) in [7, 11) is 0. The van der Waals surface area contributed by atoms with Crippen LogP contribution < -0.4 is 16.0 Å². The number of aromatic nitrogens is 4. The monoisotopic (exact) mass is 444 g/mol. The second kappa shape index (κ2) is 8.63. The Morgan fingerprint density at radius 1 is 1.19 bits per heavy atom. The molecule has 1 amide bonds. The predicted molar refractivity (Wildman–Crippen MR) is 120 cm³/mol. The van der Waals surface area contributed by atoms with Crippen molar-refractivity contribution in [1.82, 2.24) is 30.0 Å². The van der Waals surface area contributed by atoms with Crippen molar-refractivity contribution in [3.05, 3.63) is 23.6 Å². The highest BCUT2D eigenvalue weighted by atomic mass is 35.5. The quantitative estimate of drug-likeness (QED) is 0.651. The van der Waals surface area contributed by atoms with Crippen LogP contribution in [0.15, 0.2) is 18.6 Å². The van der Waals surface area contributed by atoms with Gasteiger partial charge in [0, 0.05) is 32.3 Å². The summed E-state index contributed by atoms with van der Waals surface area (Å²) in [6.07, 6.45) is 9.68. The third-order valence-corrected chi connectivity index (χ3v) is 7.10. The molecule has 2 unspecified atom stereocenters. The molecule has 4 heterocycles. The molecular formula is C21H29ClN8O. The maximum atomic E-state index is 11.6. The molecule has 3 N–H and O–H groups in total. The van der Waals surface area contributed by atoms with Gasteiger partial charge in [0.05, 0.1) is 24.1 Å². The fourth-order valence-corrected chi connectivity index (χ4v) is 5.35. The molecule has 9 nitrogen and oxygen atoms in total. The van der Waals surface area contributed by atoms with Crippen LogP contribution in [0, 0.1) is 11.8 Å². The lowest BCUT2D eigenvalue weighted by Crippen LogP contribution is -2.29. The van der Waals surface area contributed by atoms with E-state index in [-0.39, 0.29) is 5.91 Å². The van der Waals surface area contributed by atoms with Gasteiger partial charge in [-0.05, 0) is 50.6 Å². The van der Waals surface area contributed by atoms with Crippen molar-refractivity contribution in [2.24, 2.45) is 11.8 Å². The summed E-state index contributed by atoms with van der Waals surface area (Å²) < 4.78 is 2.03. The van der Waals surface area contributed by atoms with Gasteiger partial charge < -0.3 is 20.9 Å². The number of anilines is 3. The van der Waals surface area contributed by atoms with Gasteiger partial charge in [0.25, 0.3) is 0 Å². The first-order valence-corrected chi connectivity index (χ1v) is 11.5. The van der Waals surface area contributed by atoms with Crippen molar-refractivity contribution < 1.29 is 4.79 Å². The summed E-state index contributed by atoms with van der Waals surface area (Å²) in [5, 5.41) is 15.2. The molecule has 2 atom stereocenters. The van der Waals surface area contributed by atoms with Crippen LogP contribution in [0.4, 0.5) is 17.5 Å². The number of rotatable bonds is 5. The first-order valence-electron chi connectivity index (χ1n) is 11.1. The third-order valence-electron chi connectivity index (χ3n) is 6.82. The van der Waals surface area contributed by atoms with Crippen molar-refractivity contribution in [3.63, 3.8) is 0 Å². The summed E-state index contributed by atoms with van der Waals surface area (Å²) >= 11 is 6.38. The molecule has 2 saturated heterocycles. The van der Waals surface area contributed by atoms with E-state index in [1.54, 1.807) is 13.1 Å². The molecule has 2 aliphatic heterocycles. The highest BCUT2D eigenvalue weighted by molar-refractivity contribution is 6.32. The normalized spacial score (nSPS) is 26.1. The van der Waals surface area contributed by atoms with E-state index in [1.807, 2.05) is 22.0 Å². The molecule has 2 aromatic heterocycles. The van der Waals surface area contributed by atoms with Crippen molar-refractivity contribution in [3.8, 4) is 0 Å². The van der Waals surface area contributed by atoms with Crippen molar-refractivity contribution in [1.29, 1.82) is 0 Å². The molecule has 0 radical (unpaired) electrons. The number of halogens is 1. The molecular weight excluding hydrogens is 416 g/mol. The molecule has 3 aliphatic rings. The minimum atomic E-state index is 0.178. The van der Waals surface area contributed by atoms with E-state index in [1.165, 1.54) is 0 Å². The Bertz CT molecular complexity index is 929. The zero-order valence-corrected chi connectivity index (χ0v) is 18.5. The Hall–Kier alpha value is -2.39. The third kappa shape index (κ3) is 4.48. The number of carbonyl (C=O) groups excluding carboxylic acids is 1. The van der Waals surface area contributed by atoms with Crippen LogP contribution in [0.2, 0.25) is 5.02 Å². The molecule has 0 aromatic carbocycles. The summed E-state index contributed by atoms with van der Waals surface area (Å²) in [6.45, 7) is 5.44. The highest BCUT2D eigenvalue weighted by Gasteiger charge is 2.41. The lowest BCUT2D eigenvalue weighted by Gasteiger charge is -2.22. The maximum Gasteiger partial charge on any atom is 0.229 e. The minimum absolute atomic E-state index is 0.178. The van der Waals surface area contributed by atoms with Crippen molar-refractivity contribution in [2.45, 2.75) is 44.7 Å². The zero-order chi connectivity index (χ0) is 21.4. The van der Waals surface area contributed by atoms with E-state index in [4.69, 9.17) is 11.6 Å². The molecule has 5 rings (SSSR count). The first kappa shape index (κ1) is 20.5. The van der Waals surface area contributed by atoms with Gasteiger partial charge in [-0.15, -0.1) is 0 Å². The molecule has 10 heteroatoms. The number of carbonyl (C=O) groups is 1. The smallest absolute Gasteiger partial charge is 0.229 e. The Kier molecular flexibility index (Phi) is 5.71. The maximum absolute atomic E-state index is 11.6. The minimum Gasteiger partial charge on any atom is -0.366 e. The van der Waals surface area contributed by atoms with Gasteiger partial charge in [-0.1, -0.05) is 11.6 Å². The Morgan fingerprint density at radius 3 is 2.65 bits per heavy atom. The van der Waals surface area contributed by atoms with Gasteiger partial charge in [-0.2, -0.15) is 10.1 Å². The van der Waals surface area contributed by atoms with Crippen LogP contribution in [-0.4, -0.2) is 62.8 Å². The summed E-state index contributed by atoms with van der Waals surface area (Å²) in [5.74, 6) is 2.44. The summed E-state index contributed by atoms with van der Waals surface area (Å²) in [4.78, 5) is 22.5. The van der Waals surface area contributed by atoms with Gasteiger partial charge in [0.1, 0.15) is 5.02 Å². The van der Waals surface area contributed by atoms with Crippen molar-refractivity contribution in [2.75, 3.05) is 36.8 Å². The number of amides is 1. The van der Waals surface area contributed by atoms with E-state index in [0.717, 1.165) is 57.5 Å². The molecule has 1 saturated carbocycles. The van der Waals surface area contributed by atoms with Gasteiger partial charge >= 0.3 is 0 Å². The SMILES string of the molecule is CC(=O)N1CC2CC(Nc3nc(Nc4cnn(C5CCNCC5)c4)ncc3Cl)CC2C1. The van der Waals surface area contributed by atoms with Crippen LogP contribution >= 0.6 is 11.6 Å². The van der Waals surface area contributed by atoms with Gasteiger partial charge in [0.2, 0.25) is 11.9 Å². The van der Waals surface area contributed by atoms with E-state index < -0.39 is 0 Å². The lowest BCUT2D eigenvalue weighted by molar-refractivity contribution is -0.128. The van der Waals surface area contributed by atoms with Crippen LogP contribution in [0.1, 0.15) is 38.6 Å². The Morgan fingerprint density at radius 2 is 1.94 bits per heavy atom. The first-order chi connectivity index (χ1) is 15.0. The molecule has 0 bridgehead atoms. The molecule has 2 aromatic rings. The summed E-state index contributed by atoms with van der Waals surface area (Å²) in [6, 6.07) is 0.743. The summed E-state index contributed by atoms with van der Waals surface area (Å²) in [5.41, 5.74) is 0.867. The molecule has 31 heavy (non-hydrogen) atoms. The van der Waals surface area contributed by atoms with Crippen LogP contribution in [0.5, 0.6) is 0 Å². The van der Waals surface area contributed by atoms with Gasteiger partial charge in [-0.3, -0.25) is 9.48 Å². The van der Waals surface area contributed by atoms with Crippen LogP contribution in [-0.2, 0) is 4.79 Å². The van der Waals surface area contributed by atoms with Crippen LogP contribution in [0.3, 0.4) is 0 Å². The van der Waals surface area contributed by atoms with E-state index in [9.17, 15) is 4.79 Å². The van der Waals surface area contributed by atoms with E-state index in [0.29, 0.717) is 40.7 Å². The average molecular weight is 445 g/mol. The average Bonchev–Trinajstić information content (AvgIpc) is 3.46. The fourth-order valence-electron chi connectivity index (χ4n) is 5.20. The molecule has 166 valence electrons. The Labute approximate surface area is 187 Å². The fraction of sp³-hybridized carbons (Fsp3) is 0.619. The van der Waals surface area contributed by atoms with E-state index in [2.05, 4.69) is 31.0 Å². The molecule has 3 fully saturated rings. The zero-order valence-electron chi connectivity index (χ0n) is 17.7. The second-order valence-corrected chi connectivity index (χ2v) is 9.37. The predicted octanol–water partition coefficient (Wildman–Crippen LogP) is 2.66. The molecule has 0 spiro atoms. The number of hydrogen-bond donors (Lipinski definition) is 3. The topological polar surface area (TPSA) is 100 Å². The second-order valence-electron chi connectivity index (χ2n) is 8.96. The van der Waals surface area contributed by atoms with Crippen molar-refractivity contribution >= 4 is 35.0 Å². The number of hydrogen-bond acceptors (Lipinski definition) is 7. The number of piperidine rings is 1. The van der Waals surface area contributed by atoms with Crippen LogP contribution in [0.25, 0.3) is 0 Å². The number of nitrogens with one attached hydrogen (secondary N) is 3. The highest BCUT2D eigenvalue weighted by Crippen LogP contribution is 2.39. The molecule has 1 aliphatic carbocycles. The van der Waals surface area contributed by atoms with E-state index >= 15 is 0 Å². The number of likely N-dealkylation sites (tertiary alicyclic amines) is 1. The Balaban J connectivity index is 1.21. The number of nitrogens with zero attached hydrogens (tertiary/aromatic N) is 5. The lowest BCUT2D eigenvalue weighted by atomic mass is 10.0. The standard InChI is InChI=1S/C21H29ClN8O/c1-13(31)29-10-14-6-16(7-15(14)11-29)26-20-19(22)9-24-21(28-20)27-17-8-25-30(12-17)18-2-4-23-5-3-18/h8-9,12,14-16,18,23H,2-7,10-11H2,1H3,(H2,24,26,27,28).